The van der Waals surface area contributed by atoms with Gasteiger partial charge in [0.1, 0.15) is 11.4 Å². The number of nitrogens with two attached hydrogens (primary N) is 1. The summed E-state index contributed by atoms with van der Waals surface area (Å²) < 4.78 is 7.51. The number of hydrogen-bond donors (Lipinski definition) is 1. The number of thioether (sulfide) groups is 1. The highest BCUT2D eigenvalue weighted by molar-refractivity contribution is 8.00. The lowest BCUT2D eigenvalue weighted by atomic mass is 10.1. The summed E-state index contributed by atoms with van der Waals surface area (Å²) in [7, 11) is 2.70. The van der Waals surface area contributed by atoms with Crippen molar-refractivity contribution in [3.63, 3.8) is 0 Å². The van der Waals surface area contributed by atoms with Crippen molar-refractivity contribution < 1.29 is 9.21 Å². The molecule has 0 amide bonds. The van der Waals surface area contributed by atoms with Crippen LogP contribution < -0.4 is 17.0 Å². The normalized spacial score (nSPS) is 12.1. The van der Waals surface area contributed by atoms with Crippen molar-refractivity contribution in [1.82, 2.24) is 19.3 Å². The van der Waals surface area contributed by atoms with E-state index >= 15 is 0 Å². The summed E-state index contributed by atoms with van der Waals surface area (Å²) in [4.78, 5) is 37.0. The van der Waals surface area contributed by atoms with Gasteiger partial charge in [-0.05, 0) is 12.5 Å². The molecule has 3 aromatic rings. The van der Waals surface area contributed by atoms with Crippen molar-refractivity contribution in [3.8, 4) is 0 Å². The van der Waals surface area contributed by atoms with E-state index in [-0.39, 0.29) is 16.6 Å². The molecule has 28 heavy (non-hydrogen) atoms. The highest BCUT2D eigenvalue weighted by Gasteiger charge is 2.26. The Bertz CT molecular complexity index is 1130. The molecule has 0 aliphatic rings. The standard InChI is InChI=1S/C18H19N5O4S/c1-10(14(24)13-15(19)22(2)18(26)23(3)16(13)25)28-17-21-20-12(27-17)9-11-7-5-4-6-8-11/h4-8,10H,9,19H2,1-3H3. The molecular weight excluding hydrogens is 382 g/mol. The number of benzene rings is 1. The number of ketones is 1. The Morgan fingerprint density at radius 3 is 2.54 bits per heavy atom. The number of rotatable bonds is 6. The Hall–Kier alpha value is -3.14. The second-order valence-electron chi connectivity index (χ2n) is 6.21. The number of anilines is 1. The lowest BCUT2D eigenvalue weighted by Gasteiger charge is -2.13. The highest BCUT2D eigenvalue weighted by Crippen LogP contribution is 2.25. The maximum atomic E-state index is 12.8. The molecule has 0 radical (unpaired) electrons. The van der Waals surface area contributed by atoms with Crippen LogP contribution in [0, 0.1) is 0 Å². The average Bonchev–Trinajstić information content (AvgIpc) is 3.12. The van der Waals surface area contributed by atoms with Gasteiger partial charge in [0.2, 0.25) is 5.89 Å². The van der Waals surface area contributed by atoms with Crippen molar-refractivity contribution in [3.05, 3.63) is 68.2 Å². The van der Waals surface area contributed by atoms with Gasteiger partial charge < -0.3 is 10.2 Å². The molecule has 1 aromatic carbocycles. The Morgan fingerprint density at radius 2 is 1.86 bits per heavy atom. The van der Waals surface area contributed by atoms with Crippen LogP contribution in [0.2, 0.25) is 0 Å². The fourth-order valence-corrected chi connectivity index (χ4v) is 3.39. The summed E-state index contributed by atoms with van der Waals surface area (Å²) in [6, 6.07) is 9.64. The summed E-state index contributed by atoms with van der Waals surface area (Å²) >= 11 is 1.03. The minimum atomic E-state index is -0.728. The minimum Gasteiger partial charge on any atom is -0.416 e. The molecule has 0 bridgehead atoms. The van der Waals surface area contributed by atoms with Gasteiger partial charge in [-0.15, -0.1) is 10.2 Å². The molecule has 0 aliphatic carbocycles. The Labute approximate surface area is 164 Å². The van der Waals surface area contributed by atoms with E-state index in [1.54, 1.807) is 6.92 Å². The van der Waals surface area contributed by atoms with E-state index in [1.807, 2.05) is 30.3 Å². The molecule has 2 aromatic heterocycles. The molecule has 2 N–H and O–H groups in total. The van der Waals surface area contributed by atoms with Gasteiger partial charge >= 0.3 is 5.69 Å². The highest BCUT2D eigenvalue weighted by atomic mass is 32.2. The Morgan fingerprint density at radius 1 is 1.18 bits per heavy atom. The molecule has 1 atom stereocenters. The molecule has 0 saturated heterocycles. The predicted octanol–water partition coefficient (Wildman–Crippen LogP) is 1.00. The second-order valence-corrected chi connectivity index (χ2v) is 7.51. The lowest BCUT2D eigenvalue weighted by Crippen LogP contribution is -2.42. The zero-order valence-corrected chi connectivity index (χ0v) is 16.4. The van der Waals surface area contributed by atoms with Gasteiger partial charge in [0.25, 0.3) is 10.8 Å². The van der Waals surface area contributed by atoms with Crippen LogP contribution in [0.4, 0.5) is 5.82 Å². The number of aromatic nitrogens is 4. The first-order chi connectivity index (χ1) is 13.3. The topological polar surface area (TPSA) is 126 Å². The SMILES string of the molecule is CC(Sc1nnc(Cc2ccccc2)o1)C(=O)c1c(N)n(C)c(=O)n(C)c1=O. The molecule has 0 fully saturated rings. The van der Waals surface area contributed by atoms with Crippen LogP contribution in [0.1, 0.15) is 28.7 Å². The van der Waals surface area contributed by atoms with E-state index in [2.05, 4.69) is 10.2 Å². The lowest BCUT2D eigenvalue weighted by molar-refractivity contribution is 0.0991. The zero-order chi connectivity index (χ0) is 20.4. The minimum absolute atomic E-state index is 0.166. The molecule has 2 heterocycles. The summed E-state index contributed by atoms with van der Waals surface area (Å²) in [6.07, 6.45) is 0.477. The first kappa shape index (κ1) is 19.6. The summed E-state index contributed by atoms with van der Waals surface area (Å²) in [5.74, 6) is -0.256. The average molecular weight is 401 g/mol. The predicted molar refractivity (Wildman–Crippen MR) is 105 cm³/mol. The van der Waals surface area contributed by atoms with E-state index in [0.717, 1.165) is 26.5 Å². The van der Waals surface area contributed by atoms with Crippen molar-refractivity contribution in [2.24, 2.45) is 14.1 Å². The number of nitrogens with zero attached hydrogens (tertiary/aromatic N) is 4. The molecule has 0 aliphatic heterocycles. The largest absolute Gasteiger partial charge is 0.416 e. The van der Waals surface area contributed by atoms with Gasteiger partial charge in [-0.25, -0.2) is 4.79 Å². The third-order valence-corrected chi connectivity index (χ3v) is 5.18. The quantitative estimate of drug-likeness (QED) is 0.479. The molecule has 0 saturated carbocycles. The summed E-state index contributed by atoms with van der Waals surface area (Å²) in [5.41, 5.74) is 5.31. The molecular formula is C18H19N5O4S. The van der Waals surface area contributed by atoms with Crippen LogP contribution in [0.3, 0.4) is 0 Å². The molecule has 10 heteroatoms. The van der Waals surface area contributed by atoms with Crippen molar-refractivity contribution >= 4 is 23.4 Å². The molecule has 9 nitrogen and oxygen atoms in total. The van der Waals surface area contributed by atoms with Crippen molar-refractivity contribution in [2.75, 3.05) is 5.73 Å². The fourth-order valence-electron chi connectivity index (χ4n) is 2.63. The first-order valence-corrected chi connectivity index (χ1v) is 9.30. The summed E-state index contributed by atoms with van der Waals surface area (Å²) in [5, 5.41) is 7.44. The molecule has 0 spiro atoms. The van der Waals surface area contributed by atoms with Crippen LogP contribution in [0.25, 0.3) is 0 Å². The Balaban J connectivity index is 1.79. The van der Waals surface area contributed by atoms with Crippen molar-refractivity contribution in [1.29, 1.82) is 0 Å². The van der Waals surface area contributed by atoms with Gasteiger partial charge in [0.05, 0.1) is 11.7 Å². The first-order valence-electron chi connectivity index (χ1n) is 8.42. The van der Waals surface area contributed by atoms with Crippen LogP contribution in [0.15, 0.2) is 49.6 Å². The summed E-state index contributed by atoms with van der Waals surface area (Å²) in [6.45, 7) is 1.61. The van der Waals surface area contributed by atoms with E-state index in [4.69, 9.17) is 10.2 Å². The maximum Gasteiger partial charge on any atom is 0.332 e. The fraction of sp³-hybridized carbons (Fsp3) is 0.278. The monoisotopic (exact) mass is 401 g/mol. The van der Waals surface area contributed by atoms with E-state index in [0.29, 0.717) is 12.3 Å². The third-order valence-electron chi connectivity index (χ3n) is 4.25. The van der Waals surface area contributed by atoms with Gasteiger partial charge in [-0.2, -0.15) is 0 Å². The number of Topliss-reactive ketones (excluding diaryl/α,β-unsaturated/α-hetero) is 1. The van der Waals surface area contributed by atoms with Gasteiger partial charge in [0, 0.05) is 14.1 Å². The molecule has 1 unspecified atom stereocenters. The van der Waals surface area contributed by atoms with Crippen molar-refractivity contribution in [2.45, 2.75) is 23.8 Å². The number of hydrogen-bond acceptors (Lipinski definition) is 8. The number of nitrogen functional groups attached to an aromatic ring is 1. The zero-order valence-electron chi connectivity index (χ0n) is 15.6. The molecule has 146 valence electrons. The van der Waals surface area contributed by atoms with Crippen LogP contribution in [-0.4, -0.2) is 30.4 Å². The van der Waals surface area contributed by atoms with Crippen LogP contribution >= 0.6 is 11.8 Å². The van der Waals surface area contributed by atoms with E-state index in [9.17, 15) is 14.4 Å². The van der Waals surface area contributed by atoms with Crippen LogP contribution in [-0.2, 0) is 20.5 Å². The van der Waals surface area contributed by atoms with Gasteiger partial charge in [-0.3, -0.25) is 18.7 Å². The van der Waals surface area contributed by atoms with E-state index in [1.165, 1.54) is 14.1 Å². The second kappa shape index (κ2) is 7.85. The number of carbonyl (C=O) groups is 1. The van der Waals surface area contributed by atoms with E-state index < -0.39 is 22.3 Å². The maximum absolute atomic E-state index is 12.8. The van der Waals surface area contributed by atoms with Crippen LogP contribution in [0.5, 0.6) is 0 Å². The molecule has 3 rings (SSSR count). The van der Waals surface area contributed by atoms with Gasteiger partial charge in [0.15, 0.2) is 5.78 Å². The Kier molecular flexibility index (Phi) is 5.50. The number of carbonyl (C=O) groups excluding carboxylic acids is 1. The van der Waals surface area contributed by atoms with Gasteiger partial charge in [-0.1, -0.05) is 42.1 Å². The third kappa shape index (κ3) is 3.77. The smallest absolute Gasteiger partial charge is 0.332 e.